The quantitative estimate of drug-likeness (QED) is 0.859. The zero-order chi connectivity index (χ0) is 13.7. The third kappa shape index (κ3) is 3.80. The summed E-state index contributed by atoms with van der Waals surface area (Å²) in [4.78, 5) is 12.6. The molecule has 1 heterocycles. The van der Waals surface area contributed by atoms with Gasteiger partial charge in [0.05, 0.1) is 0 Å². The van der Waals surface area contributed by atoms with Crippen LogP contribution in [0.1, 0.15) is 16.5 Å². The molecular formula is C14H14ClNO2S. The molecule has 2 aromatic rings. The summed E-state index contributed by atoms with van der Waals surface area (Å²) in [5.41, 5.74) is 0.600. The van der Waals surface area contributed by atoms with Gasteiger partial charge in [-0.15, -0.1) is 11.3 Å². The van der Waals surface area contributed by atoms with Crippen molar-refractivity contribution in [2.45, 2.75) is 12.5 Å². The molecule has 0 aliphatic carbocycles. The van der Waals surface area contributed by atoms with Gasteiger partial charge in [-0.05, 0) is 29.5 Å². The Labute approximate surface area is 120 Å². The third-order valence-electron chi connectivity index (χ3n) is 2.76. The lowest BCUT2D eigenvalue weighted by Gasteiger charge is -2.15. The number of carboxylic acids is 1. The van der Waals surface area contributed by atoms with Crippen LogP contribution in [0.25, 0.3) is 0 Å². The molecule has 100 valence electrons. The second-order valence-electron chi connectivity index (χ2n) is 4.08. The van der Waals surface area contributed by atoms with Crippen molar-refractivity contribution in [2.24, 2.45) is 0 Å². The van der Waals surface area contributed by atoms with E-state index in [1.54, 1.807) is 35.6 Å². The first-order chi connectivity index (χ1) is 9.18. The van der Waals surface area contributed by atoms with E-state index >= 15 is 0 Å². The molecule has 0 saturated heterocycles. The van der Waals surface area contributed by atoms with Gasteiger partial charge in [0.2, 0.25) is 0 Å². The molecule has 0 bridgehead atoms. The predicted octanol–water partition coefficient (Wildman–Crippen LogP) is 3.36. The van der Waals surface area contributed by atoms with Gasteiger partial charge in [0.15, 0.2) is 0 Å². The molecule has 0 radical (unpaired) electrons. The minimum absolute atomic E-state index is 0.471. The van der Waals surface area contributed by atoms with Gasteiger partial charge in [0.25, 0.3) is 0 Å². The van der Waals surface area contributed by atoms with Crippen molar-refractivity contribution in [1.29, 1.82) is 0 Å². The Kier molecular flexibility index (Phi) is 4.96. The smallest absolute Gasteiger partial charge is 0.325 e. The summed E-state index contributed by atoms with van der Waals surface area (Å²) in [6.07, 6.45) is 0.811. The van der Waals surface area contributed by atoms with E-state index in [2.05, 4.69) is 5.32 Å². The summed E-state index contributed by atoms with van der Waals surface area (Å²) in [5.74, 6) is -0.917. The van der Waals surface area contributed by atoms with Gasteiger partial charge >= 0.3 is 5.97 Å². The number of hydrogen-bond donors (Lipinski definition) is 2. The molecule has 0 fully saturated rings. The van der Waals surface area contributed by atoms with Gasteiger partial charge in [0, 0.05) is 16.4 Å². The van der Waals surface area contributed by atoms with Crippen molar-refractivity contribution in [3.63, 3.8) is 0 Å². The summed E-state index contributed by atoms with van der Waals surface area (Å²) >= 11 is 7.71. The number of carbonyl (C=O) groups is 1. The van der Waals surface area contributed by atoms with Gasteiger partial charge in [-0.3, -0.25) is 4.79 Å². The number of benzene rings is 1. The minimum atomic E-state index is -0.917. The van der Waals surface area contributed by atoms with E-state index in [9.17, 15) is 9.90 Å². The maximum Gasteiger partial charge on any atom is 0.325 e. The van der Waals surface area contributed by atoms with Crippen LogP contribution in [0.3, 0.4) is 0 Å². The van der Waals surface area contributed by atoms with Crippen LogP contribution in [0.5, 0.6) is 0 Å². The highest BCUT2D eigenvalue weighted by Gasteiger charge is 2.21. The fourth-order valence-corrected chi connectivity index (χ4v) is 2.79. The molecule has 0 aliphatic rings. The van der Waals surface area contributed by atoms with Gasteiger partial charge < -0.3 is 10.4 Å². The second-order valence-corrected chi connectivity index (χ2v) is 5.52. The Balaban J connectivity index is 2.01. The molecule has 1 aromatic heterocycles. The van der Waals surface area contributed by atoms with Crippen molar-refractivity contribution in [3.05, 3.63) is 57.2 Å². The zero-order valence-corrected chi connectivity index (χ0v) is 11.7. The summed E-state index contributed by atoms with van der Waals surface area (Å²) in [6, 6.07) is 10.3. The Morgan fingerprint density at radius 1 is 1.32 bits per heavy atom. The summed E-state index contributed by atoms with van der Waals surface area (Å²) in [5, 5.41) is 14.8. The highest BCUT2D eigenvalue weighted by molar-refractivity contribution is 7.09. The van der Waals surface area contributed by atoms with E-state index in [1.807, 2.05) is 17.5 Å². The van der Waals surface area contributed by atoms with Gasteiger partial charge in [-0.1, -0.05) is 35.9 Å². The predicted molar refractivity (Wildman–Crippen MR) is 77.9 cm³/mol. The number of carboxylic acid groups (broad SMARTS) is 1. The maximum absolute atomic E-state index is 11.3. The molecule has 19 heavy (non-hydrogen) atoms. The van der Waals surface area contributed by atoms with E-state index in [1.165, 1.54) is 4.88 Å². The highest BCUT2D eigenvalue weighted by atomic mass is 35.5. The van der Waals surface area contributed by atoms with Crippen LogP contribution in [0, 0.1) is 0 Å². The molecule has 1 unspecified atom stereocenters. The maximum atomic E-state index is 11.3. The van der Waals surface area contributed by atoms with Crippen molar-refractivity contribution >= 4 is 28.9 Å². The standard InChI is InChI=1S/C14H14ClNO2S/c15-12-6-2-1-5-11(12)13(14(17)18)16-8-7-10-4-3-9-19-10/h1-6,9,13,16H,7-8H2,(H,17,18). The summed E-state index contributed by atoms with van der Waals surface area (Å²) in [7, 11) is 0. The lowest BCUT2D eigenvalue weighted by molar-refractivity contribution is -0.139. The molecule has 0 saturated carbocycles. The van der Waals surface area contributed by atoms with Crippen molar-refractivity contribution in [3.8, 4) is 0 Å². The largest absolute Gasteiger partial charge is 0.480 e. The summed E-state index contributed by atoms with van der Waals surface area (Å²) in [6.45, 7) is 0.600. The average molecular weight is 296 g/mol. The van der Waals surface area contributed by atoms with E-state index in [0.29, 0.717) is 17.1 Å². The number of nitrogens with one attached hydrogen (secondary N) is 1. The van der Waals surface area contributed by atoms with Crippen LogP contribution in [-0.2, 0) is 11.2 Å². The van der Waals surface area contributed by atoms with Crippen LogP contribution in [0.2, 0.25) is 5.02 Å². The first kappa shape index (κ1) is 14.1. The third-order valence-corrected chi connectivity index (χ3v) is 4.04. The Hall–Kier alpha value is -1.36. The van der Waals surface area contributed by atoms with Crippen LogP contribution >= 0.6 is 22.9 Å². The summed E-state index contributed by atoms with van der Waals surface area (Å²) < 4.78 is 0. The normalized spacial score (nSPS) is 12.3. The number of rotatable bonds is 6. The molecule has 2 N–H and O–H groups in total. The second kappa shape index (κ2) is 6.70. The molecule has 5 heteroatoms. The van der Waals surface area contributed by atoms with Crippen molar-refractivity contribution in [1.82, 2.24) is 5.32 Å². The van der Waals surface area contributed by atoms with E-state index in [0.717, 1.165) is 6.42 Å². The average Bonchev–Trinajstić information content (AvgIpc) is 2.89. The number of aliphatic carboxylic acids is 1. The molecule has 3 nitrogen and oxygen atoms in total. The van der Waals surface area contributed by atoms with Crippen LogP contribution in [-0.4, -0.2) is 17.6 Å². The zero-order valence-electron chi connectivity index (χ0n) is 10.2. The molecular weight excluding hydrogens is 282 g/mol. The lowest BCUT2D eigenvalue weighted by Crippen LogP contribution is -2.30. The molecule has 2 rings (SSSR count). The van der Waals surface area contributed by atoms with Gasteiger partial charge in [0.1, 0.15) is 6.04 Å². The highest BCUT2D eigenvalue weighted by Crippen LogP contribution is 2.23. The monoisotopic (exact) mass is 295 g/mol. The molecule has 0 amide bonds. The molecule has 0 spiro atoms. The number of thiophene rings is 1. The van der Waals surface area contributed by atoms with E-state index in [-0.39, 0.29) is 0 Å². The molecule has 1 aromatic carbocycles. The Morgan fingerprint density at radius 3 is 2.74 bits per heavy atom. The van der Waals surface area contributed by atoms with E-state index in [4.69, 9.17) is 11.6 Å². The first-order valence-electron chi connectivity index (χ1n) is 5.91. The first-order valence-corrected chi connectivity index (χ1v) is 7.17. The van der Waals surface area contributed by atoms with Crippen molar-refractivity contribution < 1.29 is 9.90 Å². The SMILES string of the molecule is O=C(O)C(NCCc1cccs1)c1ccccc1Cl. The number of hydrogen-bond acceptors (Lipinski definition) is 3. The fourth-order valence-electron chi connectivity index (χ4n) is 1.83. The minimum Gasteiger partial charge on any atom is -0.480 e. The van der Waals surface area contributed by atoms with Crippen LogP contribution in [0.4, 0.5) is 0 Å². The van der Waals surface area contributed by atoms with Gasteiger partial charge in [-0.25, -0.2) is 0 Å². The number of halogens is 1. The Morgan fingerprint density at radius 2 is 2.11 bits per heavy atom. The molecule has 1 atom stereocenters. The Bertz CT molecular complexity index is 542. The van der Waals surface area contributed by atoms with Gasteiger partial charge in [-0.2, -0.15) is 0 Å². The molecule has 0 aliphatic heterocycles. The van der Waals surface area contributed by atoms with Crippen LogP contribution < -0.4 is 5.32 Å². The topological polar surface area (TPSA) is 49.3 Å². The van der Waals surface area contributed by atoms with Crippen LogP contribution in [0.15, 0.2) is 41.8 Å². The lowest BCUT2D eigenvalue weighted by atomic mass is 10.1. The van der Waals surface area contributed by atoms with Crippen molar-refractivity contribution in [2.75, 3.05) is 6.54 Å². The van der Waals surface area contributed by atoms with E-state index < -0.39 is 12.0 Å². The fraction of sp³-hybridized carbons (Fsp3) is 0.214.